The molecule has 1 aromatic rings. The molecular formula is C10H12N2O4S. The van der Waals surface area contributed by atoms with Crippen LogP contribution in [-0.2, 0) is 10.0 Å². The molecular weight excluding hydrogens is 244 g/mol. The quantitative estimate of drug-likeness (QED) is 0.804. The lowest BCUT2D eigenvalue weighted by Crippen LogP contribution is -2.40. The fourth-order valence-electron chi connectivity index (χ4n) is 1.65. The second kappa shape index (κ2) is 3.94. The Labute approximate surface area is 99.3 Å². The van der Waals surface area contributed by atoms with E-state index in [4.69, 9.17) is 9.47 Å². The van der Waals surface area contributed by atoms with Crippen molar-refractivity contribution in [1.82, 2.24) is 10.3 Å². The summed E-state index contributed by atoms with van der Waals surface area (Å²) in [6.07, 6.45) is 0. The van der Waals surface area contributed by atoms with Gasteiger partial charge in [-0.2, -0.15) is 0 Å². The van der Waals surface area contributed by atoms with E-state index in [0.717, 1.165) is 0 Å². The summed E-state index contributed by atoms with van der Waals surface area (Å²) >= 11 is 0. The summed E-state index contributed by atoms with van der Waals surface area (Å²) < 4.78 is 34.0. The van der Waals surface area contributed by atoms with Gasteiger partial charge in [-0.1, -0.05) is 6.58 Å². The molecule has 6 nitrogen and oxygen atoms in total. The summed E-state index contributed by atoms with van der Waals surface area (Å²) in [5, 5.41) is 0. The Bertz CT molecular complexity index is 580. The van der Waals surface area contributed by atoms with Crippen LogP contribution in [0.15, 0.2) is 23.6 Å². The van der Waals surface area contributed by atoms with Gasteiger partial charge in [0.1, 0.15) is 4.90 Å². The lowest BCUT2D eigenvalue weighted by Gasteiger charge is -2.23. The molecule has 92 valence electrons. The molecule has 0 atom stereocenters. The van der Waals surface area contributed by atoms with Crippen molar-refractivity contribution in [2.45, 2.75) is 4.90 Å². The molecule has 1 heterocycles. The number of benzene rings is 1. The van der Waals surface area contributed by atoms with Crippen LogP contribution in [0.25, 0.3) is 5.70 Å². The third kappa shape index (κ3) is 1.73. The Hall–Kier alpha value is -1.73. The van der Waals surface area contributed by atoms with Gasteiger partial charge in [0.2, 0.25) is 0 Å². The highest BCUT2D eigenvalue weighted by Gasteiger charge is 2.31. The summed E-state index contributed by atoms with van der Waals surface area (Å²) in [7, 11) is -0.845. The van der Waals surface area contributed by atoms with Gasteiger partial charge >= 0.3 is 0 Å². The fraction of sp³-hybridized carbons (Fsp3) is 0.200. The molecule has 7 heteroatoms. The number of methoxy groups -OCH3 is 2. The van der Waals surface area contributed by atoms with Gasteiger partial charge in [0.05, 0.1) is 19.9 Å². The summed E-state index contributed by atoms with van der Waals surface area (Å²) in [5.74, 6) is 0.520. The molecule has 1 aliphatic heterocycles. The van der Waals surface area contributed by atoms with Gasteiger partial charge in [-0.05, 0) is 12.1 Å². The van der Waals surface area contributed by atoms with Crippen molar-refractivity contribution < 1.29 is 17.9 Å². The van der Waals surface area contributed by atoms with Gasteiger partial charge in [0.25, 0.3) is 10.0 Å². The summed E-state index contributed by atoms with van der Waals surface area (Å²) in [6, 6.07) is 3.25. The number of sulfonamides is 1. The van der Waals surface area contributed by atoms with Gasteiger partial charge in [-0.15, -0.1) is 4.83 Å². The second-order valence-electron chi connectivity index (χ2n) is 3.39. The lowest BCUT2D eigenvalue weighted by atomic mass is 10.1. The van der Waals surface area contributed by atoms with Gasteiger partial charge in [0, 0.05) is 5.56 Å². The first-order valence-electron chi connectivity index (χ1n) is 4.73. The van der Waals surface area contributed by atoms with Gasteiger partial charge in [-0.25, -0.2) is 8.42 Å². The first kappa shape index (κ1) is 11.7. The number of ether oxygens (including phenoxy) is 2. The van der Waals surface area contributed by atoms with E-state index >= 15 is 0 Å². The first-order chi connectivity index (χ1) is 8.01. The minimum Gasteiger partial charge on any atom is -0.493 e. The Kier molecular flexibility index (Phi) is 2.72. The van der Waals surface area contributed by atoms with E-state index in [-0.39, 0.29) is 10.6 Å². The van der Waals surface area contributed by atoms with Crippen LogP contribution in [-0.4, -0.2) is 22.6 Å². The monoisotopic (exact) mass is 256 g/mol. The summed E-state index contributed by atoms with van der Waals surface area (Å²) in [6.45, 7) is 3.72. The predicted octanol–water partition coefficient (Wildman–Crippen LogP) is 0.471. The molecule has 0 spiro atoms. The average Bonchev–Trinajstić information content (AvgIpc) is 2.32. The predicted molar refractivity (Wildman–Crippen MR) is 62.0 cm³/mol. The topological polar surface area (TPSA) is 76.7 Å². The van der Waals surface area contributed by atoms with E-state index in [0.29, 0.717) is 17.0 Å². The zero-order valence-electron chi connectivity index (χ0n) is 9.40. The zero-order chi connectivity index (χ0) is 12.6. The van der Waals surface area contributed by atoms with E-state index in [2.05, 4.69) is 16.8 Å². The summed E-state index contributed by atoms with van der Waals surface area (Å²) in [4.78, 5) is 2.21. The smallest absolute Gasteiger partial charge is 0.261 e. The normalized spacial score (nSPS) is 16.9. The van der Waals surface area contributed by atoms with Crippen LogP contribution in [0.4, 0.5) is 0 Å². The van der Waals surface area contributed by atoms with Crippen LogP contribution in [0.1, 0.15) is 5.56 Å². The maximum atomic E-state index is 11.9. The molecule has 0 saturated heterocycles. The molecule has 17 heavy (non-hydrogen) atoms. The standard InChI is InChI=1S/C10H12N2O4S/c1-6-7-4-5-8(15-2)9(16-3)10(7)17(13,14)12-11-6/h4-5,11-12H,1H2,2-3H3. The van der Waals surface area contributed by atoms with E-state index in [9.17, 15) is 8.42 Å². The van der Waals surface area contributed by atoms with E-state index in [1.165, 1.54) is 14.2 Å². The molecule has 0 bridgehead atoms. The van der Waals surface area contributed by atoms with Crippen molar-refractivity contribution in [2.24, 2.45) is 0 Å². The van der Waals surface area contributed by atoms with E-state index in [1.54, 1.807) is 12.1 Å². The number of nitrogens with one attached hydrogen (secondary N) is 2. The lowest BCUT2D eigenvalue weighted by molar-refractivity contribution is 0.346. The Morgan fingerprint density at radius 1 is 1.24 bits per heavy atom. The van der Waals surface area contributed by atoms with Crippen molar-refractivity contribution in [3.8, 4) is 11.5 Å². The first-order valence-corrected chi connectivity index (χ1v) is 6.21. The highest BCUT2D eigenvalue weighted by Crippen LogP contribution is 2.39. The van der Waals surface area contributed by atoms with Crippen LogP contribution in [0.2, 0.25) is 0 Å². The van der Waals surface area contributed by atoms with Crippen molar-refractivity contribution >= 4 is 15.7 Å². The molecule has 0 unspecified atom stereocenters. The van der Waals surface area contributed by atoms with E-state index in [1.807, 2.05) is 0 Å². The molecule has 0 fully saturated rings. The zero-order valence-corrected chi connectivity index (χ0v) is 10.2. The molecule has 1 aliphatic rings. The number of hydrogen-bond donors (Lipinski definition) is 2. The highest BCUT2D eigenvalue weighted by atomic mass is 32.2. The Morgan fingerprint density at radius 3 is 2.53 bits per heavy atom. The maximum absolute atomic E-state index is 11.9. The number of rotatable bonds is 2. The fourth-order valence-corrected chi connectivity index (χ4v) is 2.92. The SMILES string of the molecule is C=C1NNS(=O)(=O)c2c1ccc(OC)c2OC. The Balaban J connectivity index is 2.82. The molecule has 0 amide bonds. The number of hydrazine groups is 1. The highest BCUT2D eigenvalue weighted by molar-refractivity contribution is 7.89. The van der Waals surface area contributed by atoms with Crippen LogP contribution in [0, 0.1) is 0 Å². The van der Waals surface area contributed by atoms with Crippen molar-refractivity contribution in [2.75, 3.05) is 14.2 Å². The van der Waals surface area contributed by atoms with Gasteiger partial charge in [-0.3, -0.25) is 0 Å². The minimum absolute atomic E-state index is 0.0306. The molecule has 2 rings (SSSR count). The molecule has 1 aromatic carbocycles. The van der Waals surface area contributed by atoms with Crippen molar-refractivity contribution in [3.05, 3.63) is 24.3 Å². The van der Waals surface area contributed by atoms with Crippen molar-refractivity contribution in [3.63, 3.8) is 0 Å². The van der Waals surface area contributed by atoms with Crippen LogP contribution >= 0.6 is 0 Å². The molecule has 0 aromatic heterocycles. The average molecular weight is 256 g/mol. The summed E-state index contributed by atoms with van der Waals surface area (Å²) in [5.41, 5.74) is 3.40. The molecule has 2 N–H and O–H groups in total. The maximum Gasteiger partial charge on any atom is 0.261 e. The van der Waals surface area contributed by atoms with Gasteiger partial charge < -0.3 is 14.9 Å². The largest absolute Gasteiger partial charge is 0.493 e. The third-order valence-corrected chi connectivity index (χ3v) is 3.74. The number of hydrogen-bond acceptors (Lipinski definition) is 5. The minimum atomic E-state index is -3.68. The van der Waals surface area contributed by atoms with Crippen LogP contribution in [0.5, 0.6) is 11.5 Å². The van der Waals surface area contributed by atoms with Crippen molar-refractivity contribution in [1.29, 1.82) is 0 Å². The van der Waals surface area contributed by atoms with Crippen LogP contribution in [0.3, 0.4) is 0 Å². The number of fused-ring (bicyclic) bond motifs is 1. The Morgan fingerprint density at radius 2 is 1.94 bits per heavy atom. The molecule has 0 radical (unpaired) electrons. The van der Waals surface area contributed by atoms with Gasteiger partial charge in [0.15, 0.2) is 11.5 Å². The molecule has 0 aliphatic carbocycles. The van der Waals surface area contributed by atoms with Crippen LogP contribution < -0.4 is 19.7 Å². The van der Waals surface area contributed by atoms with E-state index < -0.39 is 10.0 Å². The molecule has 0 saturated carbocycles. The third-order valence-electron chi connectivity index (χ3n) is 2.43. The second-order valence-corrected chi connectivity index (χ2v) is 5.01.